The fourth-order valence-corrected chi connectivity index (χ4v) is 4.23. The maximum atomic E-state index is 11.2. The predicted molar refractivity (Wildman–Crippen MR) is 116 cm³/mol. The van der Waals surface area contributed by atoms with E-state index in [9.17, 15) is 9.36 Å². The van der Waals surface area contributed by atoms with E-state index in [-0.39, 0.29) is 25.0 Å². The predicted octanol–water partition coefficient (Wildman–Crippen LogP) is 3.60. The summed E-state index contributed by atoms with van der Waals surface area (Å²) < 4.78 is 16.6. The van der Waals surface area contributed by atoms with Crippen molar-refractivity contribution in [1.82, 2.24) is 0 Å². The molecule has 2 aromatic rings. The van der Waals surface area contributed by atoms with E-state index >= 15 is 0 Å². The molecule has 1 aromatic heterocycles. The van der Waals surface area contributed by atoms with Crippen molar-refractivity contribution >= 4 is 24.7 Å². The number of carbonyl (C=O) groups excluding carboxylic acids is 1. The van der Waals surface area contributed by atoms with E-state index in [0.717, 1.165) is 16.2 Å². The van der Waals surface area contributed by atoms with Gasteiger partial charge in [0.1, 0.15) is 12.4 Å². The number of hydrogen-bond acceptors (Lipinski definition) is 5. The Labute approximate surface area is 175 Å². The average Bonchev–Trinajstić information content (AvgIpc) is 3.10. The zero-order valence-corrected chi connectivity index (χ0v) is 18.3. The zero-order chi connectivity index (χ0) is 21.5. The molecule has 1 aromatic carbocycles. The highest BCUT2D eigenvalue weighted by Gasteiger charge is 2.23. The summed E-state index contributed by atoms with van der Waals surface area (Å²) in [6.45, 7) is 3.58. The molecule has 0 spiro atoms. The summed E-state index contributed by atoms with van der Waals surface area (Å²) in [5.74, 6) is 6.71. The van der Waals surface area contributed by atoms with Gasteiger partial charge >= 0.3 is 7.60 Å². The third kappa shape index (κ3) is 8.95. The first-order chi connectivity index (χ1) is 13.5. The van der Waals surface area contributed by atoms with Crippen molar-refractivity contribution in [3.8, 4) is 17.6 Å². The standard InChI is InChI=1S/C21H26NO5PS/c1-16(23)17-5-7-18(8-6-17)27-14-3-4-19-9-10-20(29-19)11-12-21(2,22)13-15-28(24,25)26/h5-10H,11-15,22H2,1-2H3,(H2,24,25,26). The zero-order valence-electron chi connectivity index (χ0n) is 16.6. The van der Waals surface area contributed by atoms with Gasteiger partial charge in [0.05, 0.1) is 11.0 Å². The van der Waals surface area contributed by atoms with Crippen molar-refractivity contribution < 1.29 is 23.9 Å². The number of ketones is 1. The van der Waals surface area contributed by atoms with Crippen LogP contribution in [-0.2, 0) is 11.0 Å². The van der Waals surface area contributed by atoms with Crippen molar-refractivity contribution in [1.29, 1.82) is 0 Å². The fourth-order valence-electron chi connectivity index (χ4n) is 2.54. The van der Waals surface area contributed by atoms with Crippen LogP contribution in [0.3, 0.4) is 0 Å². The largest absolute Gasteiger partial charge is 0.481 e. The molecular weight excluding hydrogens is 409 g/mol. The van der Waals surface area contributed by atoms with Gasteiger partial charge in [-0.05, 0) is 69.5 Å². The lowest BCUT2D eigenvalue weighted by molar-refractivity contribution is 0.101. The number of thiophene rings is 1. The van der Waals surface area contributed by atoms with E-state index in [2.05, 4.69) is 11.8 Å². The second-order valence-electron chi connectivity index (χ2n) is 7.23. The van der Waals surface area contributed by atoms with Gasteiger partial charge in [-0.1, -0.05) is 11.8 Å². The Hall–Kier alpha value is -1.94. The average molecular weight is 435 g/mol. The van der Waals surface area contributed by atoms with Gasteiger partial charge in [0.15, 0.2) is 5.78 Å². The third-order valence-electron chi connectivity index (χ3n) is 4.36. The number of Topliss-reactive ketones (excluding diaryl/α,β-unsaturated/α-hetero) is 1. The normalized spacial score (nSPS) is 13.3. The van der Waals surface area contributed by atoms with Crippen LogP contribution in [0.2, 0.25) is 0 Å². The molecule has 0 bridgehead atoms. The second kappa shape index (κ2) is 10.2. The van der Waals surface area contributed by atoms with Crippen molar-refractivity contribution in [2.75, 3.05) is 12.8 Å². The fraction of sp³-hybridized carbons (Fsp3) is 0.381. The Kier molecular flexibility index (Phi) is 8.21. The summed E-state index contributed by atoms with van der Waals surface area (Å²) in [5.41, 5.74) is 6.18. The maximum absolute atomic E-state index is 11.2. The van der Waals surface area contributed by atoms with E-state index in [4.69, 9.17) is 20.3 Å². The Bertz CT molecular complexity index is 934. The molecule has 0 amide bonds. The minimum absolute atomic E-state index is 0.0154. The van der Waals surface area contributed by atoms with Gasteiger partial charge in [-0.2, -0.15) is 0 Å². The van der Waals surface area contributed by atoms with Gasteiger partial charge in [0.25, 0.3) is 0 Å². The smallest absolute Gasteiger partial charge is 0.325 e. The second-order valence-corrected chi connectivity index (χ2v) is 10.2. The minimum Gasteiger partial charge on any atom is -0.481 e. The van der Waals surface area contributed by atoms with E-state index in [1.54, 1.807) is 35.6 Å². The van der Waals surface area contributed by atoms with Gasteiger partial charge in [-0.3, -0.25) is 9.36 Å². The molecule has 0 aliphatic rings. The van der Waals surface area contributed by atoms with Gasteiger partial charge in [0, 0.05) is 16.0 Å². The lowest BCUT2D eigenvalue weighted by Crippen LogP contribution is -2.37. The number of carbonyl (C=O) groups is 1. The topological polar surface area (TPSA) is 110 Å². The summed E-state index contributed by atoms with van der Waals surface area (Å²) in [5, 5.41) is 0. The summed E-state index contributed by atoms with van der Waals surface area (Å²) in [6.07, 6.45) is 1.46. The summed E-state index contributed by atoms with van der Waals surface area (Å²) in [6, 6.07) is 10.9. The first kappa shape index (κ1) is 23.3. The summed E-state index contributed by atoms with van der Waals surface area (Å²) in [4.78, 5) is 31.3. The number of ether oxygens (including phenoxy) is 1. The van der Waals surface area contributed by atoms with Crippen molar-refractivity contribution in [3.05, 3.63) is 51.7 Å². The van der Waals surface area contributed by atoms with E-state index in [1.807, 2.05) is 19.1 Å². The Morgan fingerprint density at radius 3 is 2.52 bits per heavy atom. The molecule has 1 atom stereocenters. The molecule has 4 N–H and O–H groups in total. The highest BCUT2D eigenvalue weighted by molar-refractivity contribution is 7.51. The van der Waals surface area contributed by atoms with Crippen LogP contribution in [0, 0.1) is 11.8 Å². The molecule has 0 aliphatic heterocycles. The van der Waals surface area contributed by atoms with Crippen LogP contribution in [0.5, 0.6) is 5.75 Å². The molecule has 29 heavy (non-hydrogen) atoms. The van der Waals surface area contributed by atoms with Crippen molar-refractivity contribution in [2.24, 2.45) is 5.73 Å². The monoisotopic (exact) mass is 435 g/mol. The van der Waals surface area contributed by atoms with Crippen LogP contribution in [0.1, 0.15) is 46.8 Å². The van der Waals surface area contributed by atoms with Crippen LogP contribution in [0.25, 0.3) is 0 Å². The number of benzene rings is 1. The summed E-state index contributed by atoms with van der Waals surface area (Å²) in [7, 11) is -4.02. The van der Waals surface area contributed by atoms with Crippen LogP contribution in [0.4, 0.5) is 0 Å². The van der Waals surface area contributed by atoms with Gasteiger partial charge in [-0.25, -0.2) is 0 Å². The first-order valence-corrected chi connectivity index (χ1v) is 11.8. The lowest BCUT2D eigenvalue weighted by Gasteiger charge is -2.24. The third-order valence-corrected chi connectivity index (χ3v) is 6.23. The van der Waals surface area contributed by atoms with Crippen molar-refractivity contribution in [2.45, 2.75) is 38.6 Å². The van der Waals surface area contributed by atoms with Crippen LogP contribution in [-0.4, -0.2) is 33.9 Å². The molecule has 0 saturated heterocycles. The van der Waals surface area contributed by atoms with Crippen LogP contribution >= 0.6 is 18.9 Å². The molecule has 1 unspecified atom stereocenters. The van der Waals surface area contributed by atoms with Gasteiger partial charge < -0.3 is 20.3 Å². The molecule has 0 aliphatic carbocycles. The lowest BCUT2D eigenvalue weighted by atomic mass is 9.94. The Morgan fingerprint density at radius 1 is 1.21 bits per heavy atom. The first-order valence-electron chi connectivity index (χ1n) is 9.19. The minimum atomic E-state index is -4.02. The molecular formula is C21H26NO5PS. The summed E-state index contributed by atoms with van der Waals surface area (Å²) >= 11 is 1.57. The van der Waals surface area contributed by atoms with E-state index in [1.165, 1.54) is 6.92 Å². The number of aryl methyl sites for hydroxylation is 1. The molecule has 8 heteroatoms. The number of hydrogen-bond donors (Lipinski definition) is 3. The van der Waals surface area contributed by atoms with Crippen molar-refractivity contribution in [3.63, 3.8) is 0 Å². The number of rotatable bonds is 9. The number of nitrogens with two attached hydrogens (primary N) is 1. The molecule has 0 radical (unpaired) electrons. The molecule has 6 nitrogen and oxygen atoms in total. The van der Waals surface area contributed by atoms with Crippen LogP contribution < -0.4 is 10.5 Å². The Balaban J connectivity index is 1.80. The molecule has 0 fully saturated rings. The van der Waals surface area contributed by atoms with E-state index in [0.29, 0.717) is 17.7 Å². The quantitative estimate of drug-likeness (QED) is 0.315. The molecule has 1 heterocycles. The SMILES string of the molecule is CC(=O)c1ccc(OCC#Cc2ccc(CCC(C)(N)CCP(=O)(O)O)s2)cc1. The molecule has 156 valence electrons. The van der Waals surface area contributed by atoms with Gasteiger partial charge in [-0.15, -0.1) is 11.3 Å². The molecule has 0 saturated carbocycles. The molecule has 2 rings (SSSR count). The highest BCUT2D eigenvalue weighted by atomic mass is 32.1. The highest BCUT2D eigenvalue weighted by Crippen LogP contribution is 2.37. The van der Waals surface area contributed by atoms with Gasteiger partial charge in [0.2, 0.25) is 0 Å². The maximum Gasteiger partial charge on any atom is 0.325 e. The van der Waals surface area contributed by atoms with E-state index < -0.39 is 13.1 Å². The Morgan fingerprint density at radius 2 is 1.90 bits per heavy atom. The van der Waals surface area contributed by atoms with Crippen LogP contribution in [0.15, 0.2) is 36.4 Å².